The van der Waals surface area contributed by atoms with E-state index in [1.54, 1.807) is 24.3 Å². The Hall–Kier alpha value is -1.45. The van der Waals surface area contributed by atoms with Gasteiger partial charge in [0.1, 0.15) is 0 Å². The van der Waals surface area contributed by atoms with Crippen LogP contribution in [0, 0.1) is 0 Å². The predicted octanol–water partition coefficient (Wildman–Crippen LogP) is 6.10. The van der Waals surface area contributed by atoms with Crippen molar-refractivity contribution in [1.29, 1.82) is 0 Å². The molecule has 0 saturated carbocycles. The van der Waals surface area contributed by atoms with E-state index < -0.39 is 44.5 Å². The summed E-state index contributed by atoms with van der Waals surface area (Å²) in [5.41, 5.74) is 0.722. The number of halogens is 9. The largest absolute Gasteiger partial charge is 0.460 e. The summed E-state index contributed by atoms with van der Waals surface area (Å²) in [6, 6.07) is 5.77. The highest BCUT2D eigenvalue weighted by atomic mass is 28.3. The second kappa shape index (κ2) is 6.93. The topological polar surface area (TPSA) is 0 Å². The molecule has 0 N–H and O–H groups in total. The van der Waals surface area contributed by atoms with Crippen LogP contribution in [0.1, 0.15) is 12.0 Å². The SMILES string of the molecule is C=Cc1ccc([Si](C)(C)CCC(F)(F)C(F)(F)C(F)(F)C(F)(F)F)cc1. The molecule has 0 nitrogen and oxygen atoms in total. The molecule has 0 aliphatic carbocycles. The fraction of sp³-hybridized carbons (Fsp3) is 0.500. The molecule has 26 heavy (non-hydrogen) atoms. The molecular weight excluding hydrogens is 391 g/mol. The lowest BCUT2D eigenvalue weighted by Gasteiger charge is -2.35. The van der Waals surface area contributed by atoms with Crippen LogP contribution in [0.25, 0.3) is 6.08 Å². The molecular formula is C16H17F9Si. The van der Waals surface area contributed by atoms with Crippen LogP contribution in [-0.4, -0.2) is 32.0 Å². The number of rotatable bonds is 7. The molecule has 1 aromatic rings. The third-order valence-corrected chi connectivity index (χ3v) is 7.60. The van der Waals surface area contributed by atoms with Crippen molar-refractivity contribution < 1.29 is 39.5 Å². The van der Waals surface area contributed by atoms with Crippen LogP contribution in [-0.2, 0) is 0 Å². The minimum Gasteiger partial charge on any atom is -0.200 e. The first-order valence-corrected chi connectivity index (χ1v) is 10.6. The van der Waals surface area contributed by atoms with Crippen molar-refractivity contribution in [2.75, 3.05) is 0 Å². The number of benzene rings is 1. The van der Waals surface area contributed by atoms with Crippen molar-refractivity contribution in [2.45, 2.75) is 49.5 Å². The van der Waals surface area contributed by atoms with Gasteiger partial charge in [-0.15, -0.1) is 0 Å². The monoisotopic (exact) mass is 408 g/mol. The third-order valence-electron chi connectivity index (χ3n) is 4.20. The van der Waals surface area contributed by atoms with Gasteiger partial charge in [-0.05, 0) is 11.6 Å². The van der Waals surface area contributed by atoms with E-state index in [0.717, 1.165) is 5.56 Å². The van der Waals surface area contributed by atoms with Gasteiger partial charge in [-0.25, -0.2) is 0 Å². The van der Waals surface area contributed by atoms with Gasteiger partial charge >= 0.3 is 23.9 Å². The second-order valence-corrected chi connectivity index (χ2v) is 11.4. The quantitative estimate of drug-likeness (QED) is 0.378. The highest BCUT2D eigenvalue weighted by Crippen LogP contribution is 2.54. The summed E-state index contributed by atoms with van der Waals surface area (Å²) >= 11 is 0. The maximum absolute atomic E-state index is 13.7. The van der Waals surface area contributed by atoms with Crippen LogP contribution in [0.4, 0.5) is 39.5 Å². The number of hydrogen-bond donors (Lipinski definition) is 0. The Morgan fingerprint density at radius 2 is 1.31 bits per heavy atom. The van der Waals surface area contributed by atoms with Gasteiger partial charge < -0.3 is 0 Å². The fourth-order valence-corrected chi connectivity index (χ4v) is 4.55. The normalized spacial score (nSPS) is 14.4. The van der Waals surface area contributed by atoms with Crippen molar-refractivity contribution in [1.82, 2.24) is 0 Å². The first-order valence-electron chi connectivity index (χ1n) is 7.43. The summed E-state index contributed by atoms with van der Waals surface area (Å²) in [4.78, 5) is 0. The fourth-order valence-electron chi connectivity index (χ4n) is 2.25. The summed E-state index contributed by atoms with van der Waals surface area (Å²) in [5.74, 6) is -18.9. The highest BCUT2D eigenvalue weighted by molar-refractivity contribution is 6.89. The molecule has 1 rings (SSSR count). The molecule has 0 radical (unpaired) electrons. The lowest BCUT2D eigenvalue weighted by Crippen LogP contribution is -2.61. The Balaban J connectivity index is 3.03. The van der Waals surface area contributed by atoms with Gasteiger partial charge in [-0.3, -0.25) is 0 Å². The summed E-state index contributed by atoms with van der Waals surface area (Å²) in [7, 11) is -2.78. The van der Waals surface area contributed by atoms with Crippen molar-refractivity contribution in [3.05, 3.63) is 36.4 Å². The average Bonchev–Trinajstić information content (AvgIpc) is 2.52. The van der Waals surface area contributed by atoms with Gasteiger partial charge in [-0.1, -0.05) is 55.2 Å². The van der Waals surface area contributed by atoms with E-state index >= 15 is 0 Å². The van der Waals surface area contributed by atoms with E-state index in [1.165, 1.54) is 19.2 Å². The molecule has 0 aromatic heterocycles. The minimum absolute atomic E-state index is 0.574. The first-order chi connectivity index (χ1) is 11.5. The highest BCUT2D eigenvalue weighted by Gasteiger charge is 2.81. The molecule has 0 heterocycles. The lowest BCUT2D eigenvalue weighted by atomic mass is 10.0. The Morgan fingerprint density at radius 3 is 1.69 bits per heavy atom. The van der Waals surface area contributed by atoms with Crippen LogP contribution in [0.15, 0.2) is 30.8 Å². The smallest absolute Gasteiger partial charge is 0.200 e. The third kappa shape index (κ3) is 4.10. The molecule has 0 spiro atoms. The second-order valence-electron chi connectivity index (χ2n) is 6.56. The molecule has 0 aliphatic rings. The lowest BCUT2D eigenvalue weighted by molar-refractivity contribution is -0.396. The molecule has 0 aliphatic heterocycles. The Kier molecular flexibility index (Phi) is 6.02. The first kappa shape index (κ1) is 22.6. The summed E-state index contributed by atoms with van der Waals surface area (Å²) in [5, 5.41) is 0.574. The summed E-state index contributed by atoms with van der Waals surface area (Å²) in [6.45, 7) is 6.59. The molecule has 148 valence electrons. The summed E-state index contributed by atoms with van der Waals surface area (Å²) in [6.07, 6.45) is -7.05. The van der Waals surface area contributed by atoms with Gasteiger partial charge in [0.05, 0.1) is 8.07 Å². The van der Waals surface area contributed by atoms with Gasteiger partial charge in [0.15, 0.2) is 0 Å². The minimum atomic E-state index is -6.83. The molecule has 10 heteroatoms. The van der Waals surface area contributed by atoms with Crippen molar-refractivity contribution in [3.63, 3.8) is 0 Å². The molecule has 0 atom stereocenters. The van der Waals surface area contributed by atoms with Crippen molar-refractivity contribution in [3.8, 4) is 0 Å². The van der Waals surface area contributed by atoms with Gasteiger partial charge in [-0.2, -0.15) is 39.5 Å². The van der Waals surface area contributed by atoms with Crippen LogP contribution in [0.2, 0.25) is 19.1 Å². The zero-order valence-corrected chi connectivity index (χ0v) is 14.9. The maximum atomic E-state index is 13.7. The Bertz CT molecular complexity index is 630. The van der Waals surface area contributed by atoms with Gasteiger partial charge in [0.25, 0.3) is 0 Å². The Labute approximate surface area is 145 Å². The van der Waals surface area contributed by atoms with Crippen LogP contribution in [0.3, 0.4) is 0 Å². The van der Waals surface area contributed by atoms with E-state index in [-0.39, 0.29) is 0 Å². The molecule has 0 unspecified atom stereocenters. The number of alkyl halides is 9. The van der Waals surface area contributed by atoms with Gasteiger partial charge in [0, 0.05) is 6.42 Å². The predicted molar refractivity (Wildman–Crippen MR) is 84.0 cm³/mol. The van der Waals surface area contributed by atoms with Gasteiger partial charge in [0.2, 0.25) is 0 Å². The average molecular weight is 408 g/mol. The zero-order chi connectivity index (χ0) is 20.6. The molecule has 1 aromatic carbocycles. The van der Waals surface area contributed by atoms with E-state index in [1.807, 2.05) is 0 Å². The molecule has 0 fully saturated rings. The van der Waals surface area contributed by atoms with E-state index in [9.17, 15) is 39.5 Å². The molecule has 0 saturated heterocycles. The van der Waals surface area contributed by atoms with Crippen molar-refractivity contribution >= 4 is 19.3 Å². The molecule has 0 amide bonds. The van der Waals surface area contributed by atoms with Crippen LogP contribution >= 0.6 is 0 Å². The maximum Gasteiger partial charge on any atom is 0.460 e. The van der Waals surface area contributed by atoms with E-state index in [0.29, 0.717) is 5.19 Å². The van der Waals surface area contributed by atoms with Crippen LogP contribution < -0.4 is 5.19 Å². The standard InChI is InChI=1S/C16H17F9Si/c1-4-11-5-7-12(8-6-11)26(2,3)10-9-13(17,18)14(19,20)15(21,22)16(23,24)25/h4-8H,1,9-10H2,2-3H3. The summed E-state index contributed by atoms with van der Waals surface area (Å²) < 4.78 is 116. The molecule has 0 bridgehead atoms. The van der Waals surface area contributed by atoms with E-state index in [2.05, 4.69) is 6.58 Å². The zero-order valence-electron chi connectivity index (χ0n) is 13.9. The van der Waals surface area contributed by atoms with Crippen molar-refractivity contribution in [2.24, 2.45) is 0 Å². The van der Waals surface area contributed by atoms with Crippen LogP contribution in [0.5, 0.6) is 0 Å². The van der Waals surface area contributed by atoms with E-state index in [4.69, 9.17) is 0 Å². The number of hydrogen-bond acceptors (Lipinski definition) is 0. The Morgan fingerprint density at radius 1 is 0.846 bits per heavy atom.